The number of nitriles is 1. The molecule has 2 amide bonds. The van der Waals surface area contributed by atoms with E-state index in [1.54, 1.807) is 24.3 Å². The van der Waals surface area contributed by atoms with Crippen molar-refractivity contribution in [2.75, 3.05) is 10.6 Å². The number of amides is 2. The first-order valence-corrected chi connectivity index (χ1v) is 6.78. The molecule has 1 rings (SSSR count). The number of anilines is 2. The fraction of sp³-hybridized carbons (Fsp3) is 0.312. The SMILES string of the molecule is CC(=O)Nc1ccc(NC(=O)/C(C#N)=C\NC(C)(C)C)cc1. The zero-order valence-corrected chi connectivity index (χ0v) is 13.2. The van der Waals surface area contributed by atoms with E-state index >= 15 is 0 Å². The molecule has 116 valence electrons. The minimum absolute atomic E-state index is 0.0131. The maximum absolute atomic E-state index is 12.0. The van der Waals surface area contributed by atoms with Gasteiger partial charge in [-0.1, -0.05) is 0 Å². The van der Waals surface area contributed by atoms with Crippen molar-refractivity contribution in [2.45, 2.75) is 33.2 Å². The largest absolute Gasteiger partial charge is 0.385 e. The van der Waals surface area contributed by atoms with Gasteiger partial charge < -0.3 is 16.0 Å². The van der Waals surface area contributed by atoms with Crippen LogP contribution in [-0.2, 0) is 9.59 Å². The maximum atomic E-state index is 12.0. The van der Waals surface area contributed by atoms with Gasteiger partial charge in [-0.15, -0.1) is 0 Å². The molecule has 0 unspecified atom stereocenters. The van der Waals surface area contributed by atoms with Gasteiger partial charge in [0.25, 0.3) is 5.91 Å². The van der Waals surface area contributed by atoms with Gasteiger partial charge in [0.1, 0.15) is 11.6 Å². The van der Waals surface area contributed by atoms with Crippen molar-refractivity contribution in [3.63, 3.8) is 0 Å². The number of hydrogen-bond donors (Lipinski definition) is 3. The summed E-state index contributed by atoms with van der Waals surface area (Å²) in [6, 6.07) is 8.49. The Kier molecular flexibility index (Phi) is 5.70. The van der Waals surface area contributed by atoms with E-state index < -0.39 is 5.91 Å². The molecule has 0 aliphatic heterocycles. The highest BCUT2D eigenvalue weighted by Crippen LogP contribution is 2.14. The molecule has 3 N–H and O–H groups in total. The van der Waals surface area contributed by atoms with Crippen LogP contribution in [0.15, 0.2) is 36.0 Å². The van der Waals surface area contributed by atoms with Gasteiger partial charge in [-0.05, 0) is 45.0 Å². The lowest BCUT2D eigenvalue weighted by atomic mass is 10.1. The maximum Gasteiger partial charge on any atom is 0.267 e. The molecule has 0 spiro atoms. The molecule has 1 aromatic rings. The third-order valence-corrected chi connectivity index (χ3v) is 2.48. The second-order valence-corrected chi connectivity index (χ2v) is 5.78. The molecule has 0 aromatic heterocycles. The summed E-state index contributed by atoms with van der Waals surface area (Å²) < 4.78 is 0. The molecule has 0 radical (unpaired) electrons. The van der Waals surface area contributed by atoms with Gasteiger partial charge in [0.15, 0.2) is 0 Å². The number of carbonyl (C=O) groups excluding carboxylic acids is 2. The first-order valence-electron chi connectivity index (χ1n) is 6.78. The van der Waals surface area contributed by atoms with Crippen molar-refractivity contribution in [3.05, 3.63) is 36.0 Å². The van der Waals surface area contributed by atoms with Crippen LogP contribution in [0.3, 0.4) is 0 Å². The zero-order valence-electron chi connectivity index (χ0n) is 13.2. The third kappa shape index (κ3) is 6.09. The highest BCUT2D eigenvalue weighted by atomic mass is 16.2. The van der Waals surface area contributed by atoms with Crippen LogP contribution in [0.4, 0.5) is 11.4 Å². The molecule has 0 heterocycles. The second kappa shape index (κ2) is 7.27. The Bertz CT molecular complexity index is 619. The van der Waals surface area contributed by atoms with Gasteiger partial charge in [-0.3, -0.25) is 9.59 Å². The molecular formula is C16H20N4O2. The summed E-state index contributed by atoms with van der Waals surface area (Å²) in [7, 11) is 0. The molecule has 0 saturated heterocycles. The van der Waals surface area contributed by atoms with Crippen LogP contribution in [0, 0.1) is 11.3 Å². The Hall–Kier alpha value is -2.81. The molecule has 6 nitrogen and oxygen atoms in total. The number of benzene rings is 1. The first-order chi connectivity index (χ1) is 10.2. The van der Waals surface area contributed by atoms with Crippen LogP contribution in [0.1, 0.15) is 27.7 Å². The quantitative estimate of drug-likeness (QED) is 0.588. The van der Waals surface area contributed by atoms with E-state index in [9.17, 15) is 9.59 Å². The van der Waals surface area contributed by atoms with Crippen molar-refractivity contribution in [1.82, 2.24) is 5.32 Å². The normalized spacial score (nSPS) is 11.3. The lowest BCUT2D eigenvalue weighted by Crippen LogP contribution is -2.32. The predicted molar refractivity (Wildman–Crippen MR) is 86.0 cm³/mol. The molecule has 0 aliphatic carbocycles. The molecule has 0 fully saturated rings. The molecule has 6 heteroatoms. The average Bonchev–Trinajstić information content (AvgIpc) is 2.40. The summed E-state index contributed by atoms with van der Waals surface area (Å²) >= 11 is 0. The fourth-order valence-electron chi connectivity index (χ4n) is 1.48. The van der Waals surface area contributed by atoms with Crippen molar-refractivity contribution >= 4 is 23.2 Å². The van der Waals surface area contributed by atoms with Gasteiger partial charge >= 0.3 is 0 Å². The molecule has 0 bridgehead atoms. The number of carbonyl (C=O) groups is 2. The number of hydrogen-bond acceptors (Lipinski definition) is 4. The van der Waals surface area contributed by atoms with Gasteiger partial charge in [-0.25, -0.2) is 0 Å². The van der Waals surface area contributed by atoms with E-state index in [1.807, 2.05) is 26.8 Å². The minimum Gasteiger partial charge on any atom is -0.385 e. The number of nitrogens with zero attached hydrogens (tertiary/aromatic N) is 1. The van der Waals surface area contributed by atoms with Crippen LogP contribution in [0.25, 0.3) is 0 Å². The lowest BCUT2D eigenvalue weighted by Gasteiger charge is -2.18. The smallest absolute Gasteiger partial charge is 0.267 e. The minimum atomic E-state index is -0.494. The van der Waals surface area contributed by atoms with E-state index in [2.05, 4.69) is 16.0 Å². The first kappa shape index (κ1) is 17.2. The van der Waals surface area contributed by atoms with E-state index in [0.717, 1.165) is 0 Å². The highest BCUT2D eigenvalue weighted by molar-refractivity contribution is 6.06. The molecular weight excluding hydrogens is 280 g/mol. The summed E-state index contributed by atoms with van der Waals surface area (Å²) in [5.41, 5.74) is 0.926. The molecule has 22 heavy (non-hydrogen) atoms. The van der Waals surface area contributed by atoms with Crippen LogP contribution in [-0.4, -0.2) is 17.4 Å². The van der Waals surface area contributed by atoms with Gasteiger partial charge in [0, 0.05) is 30.0 Å². The predicted octanol–water partition coefficient (Wildman–Crippen LogP) is 2.38. The van der Waals surface area contributed by atoms with E-state index in [4.69, 9.17) is 5.26 Å². The lowest BCUT2D eigenvalue weighted by molar-refractivity contribution is -0.114. The Morgan fingerprint density at radius 1 is 1.09 bits per heavy atom. The average molecular weight is 300 g/mol. The van der Waals surface area contributed by atoms with Crippen LogP contribution < -0.4 is 16.0 Å². The standard InChI is InChI=1S/C16H20N4O2/c1-11(21)19-13-5-7-14(8-6-13)20-15(22)12(9-17)10-18-16(2,3)4/h5-8,10,18H,1-4H3,(H,19,21)(H,20,22)/b12-10-. The van der Waals surface area contributed by atoms with Crippen LogP contribution in [0.2, 0.25) is 0 Å². The fourth-order valence-corrected chi connectivity index (χ4v) is 1.48. The summed E-state index contributed by atoms with van der Waals surface area (Å²) in [4.78, 5) is 22.9. The van der Waals surface area contributed by atoms with Gasteiger partial charge in [0.05, 0.1) is 0 Å². The summed E-state index contributed by atoms with van der Waals surface area (Å²) in [5, 5.41) is 17.3. The molecule has 0 aliphatic rings. The van der Waals surface area contributed by atoms with E-state index in [1.165, 1.54) is 13.1 Å². The van der Waals surface area contributed by atoms with Crippen molar-refractivity contribution in [1.29, 1.82) is 5.26 Å². The van der Waals surface area contributed by atoms with Crippen molar-refractivity contribution in [2.24, 2.45) is 0 Å². The Morgan fingerprint density at radius 2 is 1.59 bits per heavy atom. The van der Waals surface area contributed by atoms with Gasteiger partial charge in [0.2, 0.25) is 5.91 Å². The highest BCUT2D eigenvalue weighted by Gasteiger charge is 2.12. The summed E-state index contributed by atoms with van der Waals surface area (Å²) in [6.45, 7) is 7.20. The number of rotatable bonds is 4. The second-order valence-electron chi connectivity index (χ2n) is 5.78. The summed E-state index contributed by atoms with van der Waals surface area (Å²) in [6.07, 6.45) is 1.40. The Morgan fingerprint density at radius 3 is 2.00 bits per heavy atom. The van der Waals surface area contributed by atoms with Crippen molar-refractivity contribution < 1.29 is 9.59 Å². The molecule has 1 aromatic carbocycles. The Balaban J connectivity index is 2.74. The molecule has 0 atom stereocenters. The number of nitrogens with one attached hydrogen (secondary N) is 3. The topological polar surface area (TPSA) is 94.0 Å². The summed E-state index contributed by atoms with van der Waals surface area (Å²) in [5.74, 6) is -0.661. The van der Waals surface area contributed by atoms with Crippen molar-refractivity contribution in [3.8, 4) is 6.07 Å². The van der Waals surface area contributed by atoms with Gasteiger partial charge in [-0.2, -0.15) is 5.26 Å². The van der Waals surface area contributed by atoms with E-state index in [0.29, 0.717) is 11.4 Å². The van der Waals surface area contributed by atoms with E-state index in [-0.39, 0.29) is 17.0 Å². The van der Waals surface area contributed by atoms with Crippen LogP contribution >= 0.6 is 0 Å². The Labute approximate surface area is 130 Å². The zero-order chi connectivity index (χ0) is 16.8. The monoisotopic (exact) mass is 300 g/mol. The third-order valence-electron chi connectivity index (χ3n) is 2.48. The van der Waals surface area contributed by atoms with Crippen LogP contribution in [0.5, 0.6) is 0 Å². The molecule has 0 saturated carbocycles.